The van der Waals surface area contributed by atoms with Crippen molar-refractivity contribution in [2.45, 2.75) is 4.90 Å². The Kier molecular flexibility index (Phi) is 4.43. The molecule has 4 nitrogen and oxygen atoms in total. The van der Waals surface area contributed by atoms with Crippen LogP contribution in [0.1, 0.15) is 0 Å². The van der Waals surface area contributed by atoms with Crippen LogP contribution >= 0.6 is 27.7 Å². The summed E-state index contributed by atoms with van der Waals surface area (Å²) < 4.78 is 2.66. The second-order valence-electron chi connectivity index (χ2n) is 3.70. The second kappa shape index (κ2) is 6.06. The van der Waals surface area contributed by atoms with Crippen molar-refractivity contribution in [3.8, 4) is 0 Å². The molecule has 6 heteroatoms. The minimum atomic E-state index is -0.0343. The van der Waals surface area contributed by atoms with E-state index in [2.05, 4.69) is 26.3 Å². The van der Waals surface area contributed by atoms with E-state index in [-0.39, 0.29) is 5.91 Å². The first-order valence-electron chi connectivity index (χ1n) is 5.30. The number of benzene rings is 1. The number of amides is 1. The minimum Gasteiger partial charge on any atom is -0.323 e. The molecular formula is C12H12BrN3OS. The van der Waals surface area contributed by atoms with Crippen molar-refractivity contribution in [2.75, 3.05) is 11.1 Å². The Hall–Kier alpha value is -1.27. The van der Waals surface area contributed by atoms with Crippen LogP contribution < -0.4 is 5.32 Å². The maximum atomic E-state index is 11.7. The number of hydrogen-bond donors (Lipinski definition) is 1. The number of aromatic nitrogens is 2. The highest BCUT2D eigenvalue weighted by atomic mass is 79.9. The Labute approximate surface area is 118 Å². The Bertz CT molecular complexity index is 556. The average molecular weight is 326 g/mol. The van der Waals surface area contributed by atoms with Crippen LogP contribution in [0.15, 0.2) is 46.0 Å². The molecule has 1 amide bonds. The lowest BCUT2D eigenvalue weighted by molar-refractivity contribution is -0.113. The van der Waals surface area contributed by atoms with Crippen LogP contribution in [0, 0.1) is 0 Å². The number of carbonyl (C=O) groups excluding carboxylic acids is 1. The first kappa shape index (κ1) is 13.2. The third kappa shape index (κ3) is 3.89. The van der Waals surface area contributed by atoms with Crippen molar-refractivity contribution < 1.29 is 4.79 Å². The molecule has 0 radical (unpaired) electrons. The lowest BCUT2D eigenvalue weighted by atomic mass is 10.4. The number of carbonyl (C=O) groups is 1. The van der Waals surface area contributed by atoms with E-state index in [4.69, 9.17) is 0 Å². The highest BCUT2D eigenvalue weighted by Gasteiger charge is 2.05. The fourth-order valence-electron chi connectivity index (χ4n) is 1.39. The summed E-state index contributed by atoms with van der Waals surface area (Å²) in [7, 11) is 1.81. The molecule has 94 valence electrons. The Morgan fingerprint density at radius 1 is 1.56 bits per heavy atom. The van der Waals surface area contributed by atoms with Gasteiger partial charge in [-0.2, -0.15) is 5.10 Å². The van der Waals surface area contributed by atoms with E-state index >= 15 is 0 Å². The normalized spacial score (nSPS) is 10.3. The predicted octanol–water partition coefficient (Wildman–Crippen LogP) is 2.91. The third-order valence-corrected chi connectivity index (χ3v) is 3.64. The van der Waals surface area contributed by atoms with Gasteiger partial charge in [0.05, 0.1) is 17.6 Å². The molecule has 0 unspecified atom stereocenters. The summed E-state index contributed by atoms with van der Waals surface area (Å²) >= 11 is 4.90. The SMILES string of the molecule is Cn1cc(NC(=O)CSc2cccc(Br)c2)cn1. The quantitative estimate of drug-likeness (QED) is 0.879. The van der Waals surface area contributed by atoms with E-state index in [0.29, 0.717) is 5.75 Å². The van der Waals surface area contributed by atoms with Crippen molar-refractivity contribution in [3.05, 3.63) is 41.1 Å². The van der Waals surface area contributed by atoms with Gasteiger partial charge in [-0.1, -0.05) is 22.0 Å². The van der Waals surface area contributed by atoms with E-state index in [9.17, 15) is 4.79 Å². The van der Waals surface area contributed by atoms with Crippen LogP contribution in [-0.4, -0.2) is 21.4 Å². The number of rotatable bonds is 4. The molecule has 18 heavy (non-hydrogen) atoms. The maximum absolute atomic E-state index is 11.7. The van der Waals surface area contributed by atoms with Gasteiger partial charge in [0.2, 0.25) is 5.91 Å². The van der Waals surface area contributed by atoms with Gasteiger partial charge in [-0.05, 0) is 18.2 Å². The molecule has 1 N–H and O–H groups in total. The van der Waals surface area contributed by atoms with Gasteiger partial charge in [0.25, 0.3) is 0 Å². The monoisotopic (exact) mass is 325 g/mol. The number of anilines is 1. The molecule has 2 rings (SSSR count). The largest absolute Gasteiger partial charge is 0.323 e. The zero-order chi connectivity index (χ0) is 13.0. The fourth-order valence-corrected chi connectivity index (χ4v) is 2.69. The predicted molar refractivity (Wildman–Crippen MR) is 76.7 cm³/mol. The summed E-state index contributed by atoms with van der Waals surface area (Å²) in [4.78, 5) is 12.8. The molecule has 0 aliphatic heterocycles. The molecular weight excluding hydrogens is 314 g/mol. The Morgan fingerprint density at radius 3 is 3.06 bits per heavy atom. The van der Waals surface area contributed by atoms with Crippen molar-refractivity contribution in [1.29, 1.82) is 0 Å². The smallest absolute Gasteiger partial charge is 0.234 e. The summed E-state index contributed by atoms with van der Waals surface area (Å²) in [5.74, 6) is 0.346. The molecule has 1 aromatic heterocycles. The zero-order valence-corrected chi connectivity index (χ0v) is 12.2. The number of thioether (sulfide) groups is 1. The number of nitrogens with zero attached hydrogens (tertiary/aromatic N) is 2. The van der Waals surface area contributed by atoms with Gasteiger partial charge in [-0.3, -0.25) is 9.48 Å². The van der Waals surface area contributed by atoms with Crippen molar-refractivity contribution >= 4 is 39.3 Å². The summed E-state index contributed by atoms with van der Waals surface area (Å²) in [6, 6.07) is 7.88. The van der Waals surface area contributed by atoms with E-state index < -0.39 is 0 Å². The summed E-state index contributed by atoms with van der Waals surface area (Å²) in [6.45, 7) is 0. The highest BCUT2D eigenvalue weighted by Crippen LogP contribution is 2.21. The number of aryl methyl sites for hydroxylation is 1. The first-order valence-corrected chi connectivity index (χ1v) is 7.08. The third-order valence-electron chi connectivity index (χ3n) is 2.15. The van der Waals surface area contributed by atoms with Gasteiger partial charge < -0.3 is 5.32 Å². The molecule has 0 saturated carbocycles. The molecule has 1 heterocycles. The zero-order valence-electron chi connectivity index (χ0n) is 9.76. The molecule has 0 saturated heterocycles. The van der Waals surface area contributed by atoms with Crippen LogP contribution in [0.5, 0.6) is 0 Å². The Balaban J connectivity index is 1.85. The highest BCUT2D eigenvalue weighted by molar-refractivity contribution is 9.10. The fraction of sp³-hybridized carbons (Fsp3) is 0.167. The number of halogens is 1. The van der Waals surface area contributed by atoms with Gasteiger partial charge in [0.1, 0.15) is 0 Å². The molecule has 0 atom stereocenters. The van der Waals surface area contributed by atoms with Gasteiger partial charge in [0.15, 0.2) is 0 Å². The number of hydrogen-bond acceptors (Lipinski definition) is 3. The van der Waals surface area contributed by atoms with Gasteiger partial charge in [0, 0.05) is 22.6 Å². The van der Waals surface area contributed by atoms with Gasteiger partial charge in [-0.15, -0.1) is 11.8 Å². The molecule has 2 aromatic rings. The van der Waals surface area contributed by atoms with Gasteiger partial charge in [-0.25, -0.2) is 0 Å². The summed E-state index contributed by atoms with van der Waals surface area (Å²) in [5.41, 5.74) is 0.720. The first-order chi connectivity index (χ1) is 8.63. The van der Waals surface area contributed by atoms with E-state index in [1.165, 1.54) is 11.8 Å². The average Bonchev–Trinajstić information content (AvgIpc) is 2.72. The van der Waals surface area contributed by atoms with Crippen LogP contribution in [0.4, 0.5) is 5.69 Å². The molecule has 0 aliphatic carbocycles. The molecule has 0 aliphatic rings. The van der Waals surface area contributed by atoms with Gasteiger partial charge >= 0.3 is 0 Å². The number of nitrogens with one attached hydrogen (secondary N) is 1. The minimum absolute atomic E-state index is 0.0343. The van der Waals surface area contributed by atoms with Crippen LogP contribution in [-0.2, 0) is 11.8 Å². The van der Waals surface area contributed by atoms with Crippen LogP contribution in [0.25, 0.3) is 0 Å². The van der Waals surface area contributed by atoms with E-state index in [0.717, 1.165) is 15.1 Å². The van der Waals surface area contributed by atoms with Crippen molar-refractivity contribution in [1.82, 2.24) is 9.78 Å². The summed E-state index contributed by atoms with van der Waals surface area (Å²) in [6.07, 6.45) is 3.39. The molecule has 0 fully saturated rings. The maximum Gasteiger partial charge on any atom is 0.234 e. The van der Waals surface area contributed by atoms with Crippen molar-refractivity contribution in [3.63, 3.8) is 0 Å². The second-order valence-corrected chi connectivity index (χ2v) is 5.66. The van der Waals surface area contributed by atoms with Crippen LogP contribution in [0.2, 0.25) is 0 Å². The van der Waals surface area contributed by atoms with E-state index in [1.54, 1.807) is 17.1 Å². The lowest BCUT2D eigenvalue weighted by Crippen LogP contribution is -2.13. The summed E-state index contributed by atoms with van der Waals surface area (Å²) in [5, 5.41) is 6.78. The molecule has 1 aromatic carbocycles. The Morgan fingerprint density at radius 2 is 2.39 bits per heavy atom. The molecule has 0 spiro atoms. The molecule has 0 bridgehead atoms. The van der Waals surface area contributed by atoms with Crippen LogP contribution in [0.3, 0.4) is 0 Å². The standard InChI is InChI=1S/C12H12BrN3OS/c1-16-7-10(6-14-16)15-12(17)8-18-11-4-2-3-9(13)5-11/h2-7H,8H2,1H3,(H,15,17). The lowest BCUT2D eigenvalue weighted by Gasteiger charge is -2.03. The van der Waals surface area contributed by atoms with Crippen molar-refractivity contribution in [2.24, 2.45) is 7.05 Å². The van der Waals surface area contributed by atoms with E-state index in [1.807, 2.05) is 31.3 Å². The topological polar surface area (TPSA) is 46.9 Å².